The molecule has 9 nitrogen and oxygen atoms in total. The average molecular weight is 470 g/mol. The van der Waals surface area contributed by atoms with E-state index in [-0.39, 0.29) is 28.1 Å². The number of hydrogen-bond donors (Lipinski definition) is 2. The highest BCUT2D eigenvalue weighted by Gasteiger charge is 2.37. The van der Waals surface area contributed by atoms with Crippen LogP contribution in [0.1, 0.15) is 5.56 Å². The predicted octanol–water partition coefficient (Wildman–Crippen LogP) is 2.71. The minimum Gasteiger partial charge on any atom is -0.350 e. The number of sulfonamides is 1. The fourth-order valence-electron chi connectivity index (χ4n) is 2.96. The van der Waals surface area contributed by atoms with Gasteiger partial charge in [0, 0.05) is 18.1 Å². The molecule has 2 amide bonds. The summed E-state index contributed by atoms with van der Waals surface area (Å²) < 4.78 is 27.2. The molecule has 0 fully saturated rings. The summed E-state index contributed by atoms with van der Waals surface area (Å²) in [5.41, 5.74) is 1.10. The van der Waals surface area contributed by atoms with Crippen molar-refractivity contribution < 1.29 is 18.0 Å². The number of amides is 2. The molecule has 1 aliphatic rings. The van der Waals surface area contributed by atoms with Gasteiger partial charge in [0.15, 0.2) is 0 Å². The highest BCUT2D eigenvalue weighted by Crippen LogP contribution is 2.27. The van der Waals surface area contributed by atoms with Crippen molar-refractivity contribution in [2.45, 2.75) is 11.4 Å². The summed E-state index contributed by atoms with van der Waals surface area (Å²) in [5.74, 6) is -1.22. The minimum atomic E-state index is -3.90. The van der Waals surface area contributed by atoms with Crippen LogP contribution in [0.15, 0.2) is 88.7 Å². The number of carbonyl (C=O) groups excluding carboxylic acids is 2. The number of carbonyl (C=O) groups is 2. The fraction of sp³-hybridized carbons (Fsp3) is 0.0476. The molecule has 2 aromatic carbocycles. The molecule has 0 atom stereocenters. The molecule has 4 rings (SSSR count). The van der Waals surface area contributed by atoms with E-state index in [1.54, 1.807) is 18.2 Å². The van der Waals surface area contributed by atoms with Crippen molar-refractivity contribution in [3.05, 3.63) is 89.4 Å². The zero-order valence-electron chi connectivity index (χ0n) is 16.4. The number of imide groups is 1. The molecule has 0 bridgehead atoms. The third kappa shape index (κ3) is 4.46. The lowest BCUT2D eigenvalue weighted by atomic mass is 10.2. The lowest BCUT2D eigenvalue weighted by Crippen LogP contribution is -2.31. The Hall–Kier alpha value is -3.76. The molecule has 0 radical (unpaired) electrons. The van der Waals surface area contributed by atoms with E-state index in [9.17, 15) is 18.0 Å². The van der Waals surface area contributed by atoms with Crippen LogP contribution in [0.25, 0.3) is 0 Å². The van der Waals surface area contributed by atoms with Gasteiger partial charge in [-0.15, -0.1) is 0 Å². The molecule has 0 aliphatic carbocycles. The number of rotatable bonds is 7. The van der Waals surface area contributed by atoms with Gasteiger partial charge in [-0.3, -0.25) is 14.5 Å². The van der Waals surface area contributed by atoms with Crippen LogP contribution >= 0.6 is 11.6 Å². The van der Waals surface area contributed by atoms with E-state index >= 15 is 0 Å². The van der Waals surface area contributed by atoms with Crippen molar-refractivity contribution >= 4 is 45.1 Å². The highest BCUT2D eigenvalue weighted by atomic mass is 35.5. The lowest BCUT2D eigenvalue weighted by molar-refractivity contribution is -0.138. The van der Waals surface area contributed by atoms with Crippen LogP contribution in [-0.4, -0.2) is 35.1 Å². The van der Waals surface area contributed by atoms with Crippen LogP contribution in [0.2, 0.25) is 0 Å². The van der Waals surface area contributed by atoms with Crippen molar-refractivity contribution in [2.75, 3.05) is 10.0 Å². The van der Waals surface area contributed by atoms with Gasteiger partial charge in [0.2, 0.25) is 5.95 Å². The van der Waals surface area contributed by atoms with E-state index < -0.39 is 21.8 Å². The predicted molar refractivity (Wildman–Crippen MR) is 118 cm³/mol. The lowest BCUT2D eigenvalue weighted by Gasteiger charge is -2.15. The van der Waals surface area contributed by atoms with Crippen molar-refractivity contribution in [2.24, 2.45) is 0 Å². The first-order valence-electron chi connectivity index (χ1n) is 9.32. The van der Waals surface area contributed by atoms with E-state index in [1.807, 2.05) is 18.2 Å². The third-order valence-corrected chi connectivity index (χ3v) is 6.22. The van der Waals surface area contributed by atoms with Gasteiger partial charge in [0.05, 0.1) is 11.4 Å². The zero-order chi connectivity index (χ0) is 22.7. The van der Waals surface area contributed by atoms with Crippen LogP contribution in [0.4, 0.5) is 11.6 Å². The quantitative estimate of drug-likeness (QED) is 0.510. The molecule has 0 saturated carbocycles. The Labute approximate surface area is 188 Å². The molecular formula is C21H16ClN5O4S. The zero-order valence-corrected chi connectivity index (χ0v) is 18.0. The minimum absolute atomic E-state index is 0.0323. The molecule has 2 N–H and O–H groups in total. The number of nitrogens with zero attached hydrogens (tertiary/aromatic N) is 3. The smallest absolute Gasteiger partial charge is 0.279 e. The first-order chi connectivity index (χ1) is 15.3. The normalized spacial score (nSPS) is 14.1. The molecule has 2 heterocycles. The highest BCUT2D eigenvalue weighted by molar-refractivity contribution is 7.92. The van der Waals surface area contributed by atoms with E-state index in [1.165, 1.54) is 36.7 Å². The Morgan fingerprint density at radius 3 is 2.19 bits per heavy atom. The Balaban J connectivity index is 1.48. The first-order valence-corrected chi connectivity index (χ1v) is 11.2. The first kappa shape index (κ1) is 21.5. The second-order valence-electron chi connectivity index (χ2n) is 6.70. The second kappa shape index (κ2) is 8.77. The third-order valence-electron chi connectivity index (χ3n) is 4.52. The summed E-state index contributed by atoms with van der Waals surface area (Å²) in [4.78, 5) is 33.9. The number of aromatic nitrogens is 2. The molecular weight excluding hydrogens is 454 g/mol. The number of halogens is 1. The summed E-state index contributed by atoms with van der Waals surface area (Å²) in [7, 11) is -3.90. The van der Waals surface area contributed by atoms with Gasteiger partial charge in [-0.05, 0) is 35.9 Å². The summed E-state index contributed by atoms with van der Waals surface area (Å²) >= 11 is 6.11. The van der Waals surface area contributed by atoms with Crippen molar-refractivity contribution in [1.29, 1.82) is 0 Å². The van der Waals surface area contributed by atoms with Crippen LogP contribution in [0.3, 0.4) is 0 Å². The maximum Gasteiger partial charge on any atom is 0.279 e. The SMILES string of the molecule is O=C1C(Cl)=C(Nc2ccc(S(=O)(=O)Nc3ncccn3)cc2)C(=O)N1Cc1ccccc1. The maximum atomic E-state index is 12.7. The molecule has 0 unspecified atom stereocenters. The Morgan fingerprint density at radius 2 is 1.53 bits per heavy atom. The van der Waals surface area contributed by atoms with Crippen molar-refractivity contribution in [1.82, 2.24) is 14.9 Å². The molecule has 3 aromatic rings. The fourth-order valence-corrected chi connectivity index (χ4v) is 4.15. The number of hydrogen-bond acceptors (Lipinski definition) is 7. The summed E-state index contributed by atoms with van der Waals surface area (Å²) in [5, 5.41) is 2.58. The second-order valence-corrected chi connectivity index (χ2v) is 8.76. The van der Waals surface area contributed by atoms with E-state index in [2.05, 4.69) is 20.0 Å². The maximum absolute atomic E-state index is 12.7. The molecule has 11 heteroatoms. The van der Waals surface area contributed by atoms with Gasteiger partial charge in [0.1, 0.15) is 10.7 Å². The van der Waals surface area contributed by atoms with Crippen LogP contribution in [0.5, 0.6) is 0 Å². The van der Waals surface area contributed by atoms with E-state index in [0.717, 1.165) is 10.5 Å². The van der Waals surface area contributed by atoms with Gasteiger partial charge in [0.25, 0.3) is 21.8 Å². The largest absolute Gasteiger partial charge is 0.350 e. The number of anilines is 2. The van der Waals surface area contributed by atoms with Crippen molar-refractivity contribution in [3.63, 3.8) is 0 Å². The van der Waals surface area contributed by atoms with Gasteiger partial charge >= 0.3 is 0 Å². The molecule has 162 valence electrons. The standard InChI is InChI=1S/C21H16ClN5O4S/c22-17-18(20(29)27(19(17)28)13-14-5-2-1-3-6-14)25-15-7-9-16(10-8-15)32(30,31)26-21-23-11-4-12-24-21/h1-12,25H,13H2,(H,23,24,26). The van der Waals surface area contributed by atoms with Crippen LogP contribution < -0.4 is 10.0 Å². The molecule has 32 heavy (non-hydrogen) atoms. The van der Waals surface area contributed by atoms with Gasteiger partial charge in [-0.1, -0.05) is 41.9 Å². The van der Waals surface area contributed by atoms with Gasteiger partial charge in [-0.2, -0.15) is 0 Å². The number of nitrogens with one attached hydrogen (secondary N) is 2. The van der Waals surface area contributed by atoms with Gasteiger partial charge in [-0.25, -0.2) is 23.1 Å². The Kier molecular flexibility index (Phi) is 5.89. The average Bonchev–Trinajstić information content (AvgIpc) is 2.99. The van der Waals surface area contributed by atoms with Gasteiger partial charge < -0.3 is 5.32 Å². The monoisotopic (exact) mass is 469 g/mol. The van der Waals surface area contributed by atoms with Crippen molar-refractivity contribution in [3.8, 4) is 0 Å². The van der Waals surface area contributed by atoms with Crippen LogP contribution in [0, 0.1) is 0 Å². The Morgan fingerprint density at radius 1 is 0.875 bits per heavy atom. The summed E-state index contributed by atoms with van der Waals surface area (Å²) in [6.07, 6.45) is 2.83. The van der Waals surface area contributed by atoms with E-state index in [0.29, 0.717) is 5.69 Å². The molecule has 1 aromatic heterocycles. The molecule has 0 saturated heterocycles. The topological polar surface area (TPSA) is 121 Å². The van der Waals surface area contributed by atoms with Crippen LogP contribution in [-0.2, 0) is 26.2 Å². The summed E-state index contributed by atoms with van der Waals surface area (Å²) in [6.45, 7) is 0.0876. The number of benzene rings is 2. The summed E-state index contributed by atoms with van der Waals surface area (Å²) in [6, 6.07) is 16.2. The molecule has 1 aliphatic heterocycles. The van der Waals surface area contributed by atoms with E-state index in [4.69, 9.17) is 11.6 Å². The molecule has 0 spiro atoms. The Bertz CT molecular complexity index is 1300.